The van der Waals surface area contributed by atoms with E-state index in [2.05, 4.69) is 13.8 Å². The number of carbonyl (C=O) groups is 1. The normalized spacial score (nSPS) is 12.8. The van der Waals surface area contributed by atoms with Gasteiger partial charge in [-0.25, -0.2) is 0 Å². The van der Waals surface area contributed by atoms with Crippen LogP contribution in [0.15, 0.2) is 24.3 Å². The molecule has 0 saturated heterocycles. The summed E-state index contributed by atoms with van der Waals surface area (Å²) in [4.78, 5) is 10.6. The first kappa shape index (κ1) is 11.7. The third-order valence-electron chi connectivity index (χ3n) is 2.25. The van der Waals surface area contributed by atoms with Crippen LogP contribution in [-0.4, -0.2) is 11.1 Å². The Morgan fingerprint density at radius 2 is 1.87 bits per heavy atom. The van der Waals surface area contributed by atoms with Crippen molar-refractivity contribution in [3.05, 3.63) is 35.4 Å². The molecule has 0 aliphatic heterocycles. The molecule has 0 fully saturated rings. The van der Waals surface area contributed by atoms with Gasteiger partial charge in [0.15, 0.2) is 0 Å². The Hall–Kier alpha value is -1.35. The first-order valence-electron chi connectivity index (χ1n) is 5.08. The molecule has 1 rings (SSSR count). The Morgan fingerprint density at radius 3 is 2.27 bits per heavy atom. The van der Waals surface area contributed by atoms with Gasteiger partial charge >= 0.3 is 5.97 Å². The van der Waals surface area contributed by atoms with E-state index in [0.29, 0.717) is 11.5 Å². The minimum absolute atomic E-state index is 0.601. The second-order valence-corrected chi connectivity index (χ2v) is 4.16. The lowest BCUT2D eigenvalue weighted by Gasteiger charge is -2.09. The summed E-state index contributed by atoms with van der Waals surface area (Å²) in [5.41, 5.74) is 7.35. The molecule has 0 radical (unpaired) electrons. The molecule has 0 aliphatic carbocycles. The van der Waals surface area contributed by atoms with Crippen molar-refractivity contribution < 1.29 is 9.90 Å². The quantitative estimate of drug-likeness (QED) is 0.793. The molecule has 0 saturated carbocycles. The fourth-order valence-electron chi connectivity index (χ4n) is 1.48. The average molecular weight is 207 g/mol. The van der Waals surface area contributed by atoms with Crippen molar-refractivity contribution in [1.29, 1.82) is 0 Å². The zero-order chi connectivity index (χ0) is 11.4. The summed E-state index contributed by atoms with van der Waals surface area (Å²) in [6, 6.07) is 6.54. The maximum atomic E-state index is 10.6. The van der Waals surface area contributed by atoms with Crippen molar-refractivity contribution in [2.45, 2.75) is 26.3 Å². The highest BCUT2D eigenvalue weighted by atomic mass is 16.4. The molecule has 1 aromatic rings. The molecule has 15 heavy (non-hydrogen) atoms. The van der Waals surface area contributed by atoms with E-state index in [4.69, 9.17) is 10.8 Å². The van der Waals surface area contributed by atoms with Crippen LogP contribution in [0, 0.1) is 5.92 Å². The highest BCUT2D eigenvalue weighted by Gasteiger charge is 2.13. The van der Waals surface area contributed by atoms with Gasteiger partial charge in [-0.1, -0.05) is 38.1 Å². The average Bonchev–Trinajstić information content (AvgIpc) is 2.17. The topological polar surface area (TPSA) is 63.3 Å². The van der Waals surface area contributed by atoms with E-state index in [1.165, 1.54) is 5.56 Å². The van der Waals surface area contributed by atoms with Crippen LogP contribution >= 0.6 is 0 Å². The predicted octanol–water partition coefficient (Wildman–Crippen LogP) is 1.97. The lowest BCUT2D eigenvalue weighted by Crippen LogP contribution is -2.20. The molecule has 3 N–H and O–H groups in total. The van der Waals surface area contributed by atoms with Gasteiger partial charge in [-0.15, -0.1) is 0 Å². The standard InChI is InChI=1S/C12H17NO2/c1-8(2)7-9-3-5-10(6-4-9)11(13)12(14)15/h3-6,8,11H,7,13H2,1-2H3,(H,14,15). The number of carboxylic acids is 1. The summed E-state index contributed by atoms with van der Waals surface area (Å²) >= 11 is 0. The summed E-state index contributed by atoms with van der Waals surface area (Å²) in [6.07, 6.45) is 1.00. The zero-order valence-corrected chi connectivity index (χ0v) is 9.10. The molecule has 0 heterocycles. The van der Waals surface area contributed by atoms with Gasteiger partial charge in [0.2, 0.25) is 0 Å². The highest BCUT2D eigenvalue weighted by molar-refractivity contribution is 5.75. The molecule has 82 valence electrons. The summed E-state index contributed by atoms with van der Waals surface area (Å²) in [5, 5.41) is 8.73. The number of carboxylic acid groups (broad SMARTS) is 1. The number of hydrogen-bond acceptors (Lipinski definition) is 2. The maximum Gasteiger partial charge on any atom is 0.325 e. The van der Waals surface area contributed by atoms with E-state index in [-0.39, 0.29) is 0 Å². The number of hydrogen-bond donors (Lipinski definition) is 2. The van der Waals surface area contributed by atoms with Gasteiger partial charge < -0.3 is 10.8 Å². The van der Waals surface area contributed by atoms with Crippen LogP contribution < -0.4 is 5.73 Å². The highest BCUT2D eigenvalue weighted by Crippen LogP contribution is 2.14. The van der Waals surface area contributed by atoms with Crippen LogP contribution in [0.1, 0.15) is 31.0 Å². The first-order valence-corrected chi connectivity index (χ1v) is 5.08. The van der Waals surface area contributed by atoms with Gasteiger partial charge in [-0.05, 0) is 23.5 Å². The minimum Gasteiger partial charge on any atom is -0.480 e. The summed E-state index contributed by atoms with van der Waals surface area (Å²) < 4.78 is 0. The molecule has 0 spiro atoms. The molecule has 0 amide bonds. The van der Waals surface area contributed by atoms with E-state index in [1.807, 2.05) is 12.1 Å². The van der Waals surface area contributed by atoms with Gasteiger partial charge in [-0.3, -0.25) is 4.79 Å². The van der Waals surface area contributed by atoms with Crippen LogP contribution in [0.4, 0.5) is 0 Å². The number of rotatable bonds is 4. The van der Waals surface area contributed by atoms with Crippen LogP contribution in [0.2, 0.25) is 0 Å². The van der Waals surface area contributed by atoms with Crippen molar-refractivity contribution in [1.82, 2.24) is 0 Å². The van der Waals surface area contributed by atoms with Crippen LogP contribution in [0.5, 0.6) is 0 Å². The Kier molecular flexibility index (Phi) is 3.86. The third kappa shape index (κ3) is 3.36. The number of aliphatic carboxylic acids is 1. The van der Waals surface area contributed by atoms with Crippen LogP contribution in [0.3, 0.4) is 0 Å². The molecular weight excluding hydrogens is 190 g/mol. The zero-order valence-electron chi connectivity index (χ0n) is 9.10. The van der Waals surface area contributed by atoms with Gasteiger partial charge in [-0.2, -0.15) is 0 Å². The van der Waals surface area contributed by atoms with Gasteiger partial charge in [0, 0.05) is 0 Å². The van der Waals surface area contributed by atoms with E-state index in [1.54, 1.807) is 12.1 Å². The fourth-order valence-corrected chi connectivity index (χ4v) is 1.48. The Balaban J connectivity index is 2.76. The van der Waals surface area contributed by atoms with Gasteiger partial charge in [0.05, 0.1) is 0 Å². The molecule has 3 heteroatoms. The molecule has 0 aliphatic rings. The summed E-state index contributed by atoms with van der Waals surface area (Å²) in [6.45, 7) is 4.30. The monoisotopic (exact) mass is 207 g/mol. The van der Waals surface area contributed by atoms with Crippen molar-refractivity contribution in [2.75, 3.05) is 0 Å². The van der Waals surface area contributed by atoms with E-state index in [0.717, 1.165) is 6.42 Å². The molecule has 1 aromatic carbocycles. The molecule has 0 bridgehead atoms. The second-order valence-electron chi connectivity index (χ2n) is 4.16. The van der Waals surface area contributed by atoms with Gasteiger partial charge in [0.25, 0.3) is 0 Å². The van der Waals surface area contributed by atoms with E-state index >= 15 is 0 Å². The molecule has 1 atom stereocenters. The predicted molar refractivity (Wildman–Crippen MR) is 59.5 cm³/mol. The second kappa shape index (κ2) is 4.94. The number of nitrogens with two attached hydrogens (primary N) is 1. The summed E-state index contributed by atoms with van der Waals surface area (Å²) in [5.74, 6) is -0.393. The summed E-state index contributed by atoms with van der Waals surface area (Å²) in [7, 11) is 0. The lowest BCUT2D eigenvalue weighted by atomic mass is 10.00. The van der Waals surface area contributed by atoms with Crippen LogP contribution in [0.25, 0.3) is 0 Å². The van der Waals surface area contributed by atoms with Crippen molar-refractivity contribution in [3.8, 4) is 0 Å². The first-order chi connectivity index (χ1) is 7.00. The fraction of sp³-hybridized carbons (Fsp3) is 0.417. The van der Waals surface area contributed by atoms with Crippen molar-refractivity contribution in [3.63, 3.8) is 0 Å². The largest absolute Gasteiger partial charge is 0.480 e. The molecular formula is C12H17NO2. The Morgan fingerprint density at radius 1 is 1.33 bits per heavy atom. The Bertz CT molecular complexity index is 330. The van der Waals surface area contributed by atoms with E-state index in [9.17, 15) is 4.79 Å². The van der Waals surface area contributed by atoms with E-state index < -0.39 is 12.0 Å². The van der Waals surface area contributed by atoms with Crippen LogP contribution in [-0.2, 0) is 11.2 Å². The van der Waals surface area contributed by atoms with Gasteiger partial charge in [0.1, 0.15) is 6.04 Å². The minimum atomic E-state index is -0.994. The number of benzene rings is 1. The Labute approximate surface area is 89.9 Å². The maximum absolute atomic E-state index is 10.6. The smallest absolute Gasteiger partial charge is 0.325 e. The SMILES string of the molecule is CC(C)Cc1ccc(C(N)C(=O)O)cc1. The molecule has 3 nitrogen and oxygen atoms in total. The van der Waals surface area contributed by atoms with Crippen molar-refractivity contribution >= 4 is 5.97 Å². The molecule has 0 aromatic heterocycles. The lowest BCUT2D eigenvalue weighted by molar-refractivity contribution is -0.138. The molecule has 1 unspecified atom stereocenters. The third-order valence-corrected chi connectivity index (χ3v) is 2.25. The van der Waals surface area contributed by atoms with Crippen molar-refractivity contribution in [2.24, 2.45) is 11.7 Å².